The fourth-order valence-electron chi connectivity index (χ4n) is 10.5. The van der Waals surface area contributed by atoms with E-state index in [2.05, 4.69) is 139 Å². The third-order valence-electron chi connectivity index (χ3n) is 13.4. The number of aryl methyl sites for hydroxylation is 7. The second-order valence-corrected chi connectivity index (χ2v) is 19.2. The number of aromatic nitrogens is 2. The predicted octanol–water partition coefficient (Wildman–Crippen LogP) is 14.8. The maximum Gasteiger partial charge on any atom is 0.197 e. The highest BCUT2D eigenvalue weighted by Gasteiger charge is 2.42. The Labute approximate surface area is 383 Å². The number of benzene rings is 6. The summed E-state index contributed by atoms with van der Waals surface area (Å²) in [6.45, 7) is 19.7. The van der Waals surface area contributed by atoms with Gasteiger partial charge in [0.15, 0.2) is 23.2 Å². The molecule has 3 aliphatic rings. The molecule has 6 heteroatoms. The van der Waals surface area contributed by atoms with E-state index >= 15 is 0 Å². The smallest absolute Gasteiger partial charge is 0.197 e. The molecule has 7 aromatic rings. The van der Waals surface area contributed by atoms with Crippen LogP contribution in [-0.4, -0.2) is 21.5 Å². The van der Waals surface area contributed by atoms with Gasteiger partial charge in [-0.1, -0.05) is 117 Å². The van der Waals surface area contributed by atoms with Crippen LogP contribution in [0.4, 0.5) is 23.0 Å². The monoisotopic (exact) mass is 852 g/mol. The molecular formula is C59H56N4O2. The third-order valence-corrected chi connectivity index (χ3v) is 13.4. The molecule has 6 nitrogen and oxygen atoms in total. The van der Waals surface area contributed by atoms with Crippen molar-refractivity contribution < 1.29 is 9.59 Å². The number of Topliss-reactive ketones (excluding diaryl/α,β-unsaturated/α-hetero) is 2. The maximum absolute atomic E-state index is 14.5. The van der Waals surface area contributed by atoms with E-state index < -0.39 is 0 Å². The molecule has 0 amide bonds. The Morgan fingerprint density at radius 1 is 0.492 bits per heavy atom. The number of hydrogen-bond donors (Lipinski definition) is 0. The molecule has 0 bridgehead atoms. The Morgan fingerprint density at radius 2 is 0.923 bits per heavy atom. The first-order valence-corrected chi connectivity index (χ1v) is 23.2. The first kappa shape index (κ1) is 42.1. The first-order chi connectivity index (χ1) is 31.2. The third kappa shape index (κ3) is 7.29. The summed E-state index contributed by atoms with van der Waals surface area (Å²) >= 11 is 0. The van der Waals surface area contributed by atoms with E-state index in [1.165, 1.54) is 33.4 Å². The number of fused-ring (bicyclic) bond motifs is 4. The standard InChI is InChI=1S/C59H56N4O2/c1-33(2)44-17-14-18-45(34(3)4)54(44)62-53(22-21-46-56(64)49-31-40-15-10-11-16-41(40)32-50(49)57(46)65)63(59-58(62)60-51-19-12-13-20-52(51)61-59)55-47(42-25-35(5)23-36(6)26-42)29-39(9)30-48(55)43-27-37(7)24-38(8)28-43/h12-14,17-34H,10-11,15-16H2,1-9H3/b53-22+. The molecule has 0 radical (unpaired) electrons. The van der Waals surface area contributed by atoms with Gasteiger partial charge >= 0.3 is 0 Å². The minimum Gasteiger partial charge on any atom is -0.288 e. The SMILES string of the molecule is Cc1cc(C)cc(-c2cc(C)cc(-c3cc(C)cc(C)c3)c2N2/C(=C/C=C3C(=O)c4cc5c(cc4C3=O)CCCC5)N(c3c(C(C)C)cccc3C(C)C)c3nc4ccccc4nc32)c1. The molecule has 1 aliphatic heterocycles. The molecule has 1 aromatic heterocycles. The van der Waals surface area contributed by atoms with E-state index in [4.69, 9.17) is 9.97 Å². The van der Waals surface area contributed by atoms with Crippen LogP contribution < -0.4 is 9.80 Å². The Balaban J connectivity index is 1.34. The lowest BCUT2D eigenvalue weighted by Crippen LogP contribution is -2.25. The minimum atomic E-state index is -0.224. The first-order valence-electron chi connectivity index (χ1n) is 23.2. The van der Waals surface area contributed by atoms with Gasteiger partial charge in [-0.05, 0) is 160 Å². The molecule has 2 heterocycles. The average molecular weight is 853 g/mol. The summed E-state index contributed by atoms with van der Waals surface area (Å²) in [5, 5.41) is 0. The summed E-state index contributed by atoms with van der Waals surface area (Å²) in [7, 11) is 0. The normalized spacial score (nSPS) is 15.2. The van der Waals surface area contributed by atoms with Gasteiger partial charge in [0.25, 0.3) is 0 Å². The van der Waals surface area contributed by atoms with E-state index in [1.54, 1.807) is 6.08 Å². The lowest BCUT2D eigenvalue weighted by Gasteiger charge is -2.32. The Kier molecular flexibility index (Phi) is 10.5. The van der Waals surface area contributed by atoms with E-state index in [1.807, 2.05) is 42.5 Å². The van der Waals surface area contributed by atoms with Crippen molar-refractivity contribution in [3.05, 3.63) is 188 Å². The van der Waals surface area contributed by atoms with Crippen molar-refractivity contribution in [2.24, 2.45) is 0 Å². The van der Waals surface area contributed by atoms with Crippen molar-refractivity contribution in [1.29, 1.82) is 0 Å². The van der Waals surface area contributed by atoms with Crippen LogP contribution >= 0.6 is 0 Å². The van der Waals surface area contributed by atoms with Gasteiger partial charge in [-0.25, -0.2) is 9.97 Å². The van der Waals surface area contributed by atoms with Crippen molar-refractivity contribution >= 4 is 45.6 Å². The maximum atomic E-state index is 14.5. The number of hydrogen-bond acceptors (Lipinski definition) is 6. The summed E-state index contributed by atoms with van der Waals surface area (Å²) in [5.74, 6) is 1.95. The molecular weight excluding hydrogens is 797 g/mol. The number of carbonyl (C=O) groups excluding carboxylic acids is 2. The van der Waals surface area contributed by atoms with Crippen molar-refractivity contribution in [1.82, 2.24) is 9.97 Å². The zero-order chi connectivity index (χ0) is 45.4. The lowest BCUT2D eigenvalue weighted by atomic mass is 9.88. The highest BCUT2D eigenvalue weighted by molar-refractivity contribution is 6.39. The fraction of sp³-hybridized carbons (Fsp3) is 0.254. The van der Waals surface area contributed by atoms with Gasteiger partial charge in [-0.3, -0.25) is 19.4 Å². The predicted molar refractivity (Wildman–Crippen MR) is 267 cm³/mol. The summed E-state index contributed by atoms with van der Waals surface area (Å²) < 4.78 is 0. The van der Waals surface area contributed by atoms with Crippen molar-refractivity contribution in [3.63, 3.8) is 0 Å². The molecule has 10 rings (SSSR count). The average Bonchev–Trinajstić information content (AvgIpc) is 3.69. The van der Waals surface area contributed by atoms with Gasteiger partial charge in [-0.2, -0.15) is 0 Å². The second kappa shape index (κ2) is 16.3. The Hall–Kier alpha value is -6.92. The van der Waals surface area contributed by atoms with Gasteiger partial charge < -0.3 is 0 Å². The Bertz CT molecular complexity index is 3040. The minimum absolute atomic E-state index is 0.156. The molecule has 2 aliphatic carbocycles. The number of allylic oxidation sites excluding steroid dienone is 3. The van der Waals surface area contributed by atoms with Crippen LogP contribution in [0, 0.1) is 34.6 Å². The number of rotatable bonds is 7. The van der Waals surface area contributed by atoms with Gasteiger partial charge in [0.1, 0.15) is 5.82 Å². The van der Waals surface area contributed by atoms with E-state index in [0.717, 1.165) is 92.9 Å². The summed E-state index contributed by atoms with van der Waals surface area (Å²) in [6, 6.07) is 36.7. The molecule has 0 N–H and O–H groups in total. The zero-order valence-corrected chi connectivity index (χ0v) is 39.1. The number of carbonyl (C=O) groups is 2. The van der Waals surface area contributed by atoms with Crippen LogP contribution in [0.25, 0.3) is 33.3 Å². The van der Waals surface area contributed by atoms with E-state index in [9.17, 15) is 9.59 Å². The van der Waals surface area contributed by atoms with Crippen LogP contribution in [0.5, 0.6) is 0 Å². The highest BCUT2D eigenvalue weighted by Crippen LogP contribution is 2.56. The van der Waals surface area contributed by atoms with Gasteiger partial charge in [-0.15, -0.1) is 0 Å². The van der Waals surface area contributed by atoms with Gasteiger partial charge in [0.05, 0.1) is 28.0 Å². The molecule has 0 saturated heterocycles. The molecule has 0 spiro atoms. The number of nitrogens with zero attached hydrogens (tertiary/aromatic N) is 4. The van der Waals surface area contributed by atoms with Crippen molar-refractivity contribution in [2.75, 3.05) is 9.80 Å². The number of ketones is 2. The fourth-order valence-corrected chi connectivity index (χ4v) is 10.5. The molecule has 324 valence electrons. The highest BCUT2D eigenvalue weighted by atomic mass is 16.2. The van der Waals surface area contributed by atoms with E-state index in [-0.39, 0.29) is 29.0 Å². The second-order valence-electron chi connectivity index (χ2n) is 19.2. The zero-order valence-electron chi connectivity index (χ0n) is 39.1. The molecule has 0 atom stereocenters. The quantitative estimate of drug-likeness (QED) is 0.118. The number of para-hydroxylation sites is 3. The molecule has 0 fully saturated rings. The molecule has 6 aromatic carbocycles. The summed E-state index contributed by atoms with van der Waals surface area (Å²) in [5.41, 5.74) is 19.5. The van der Waals surface area contributed by atoms with Crippen LogP contribution in [0.1, 0.15) is 123 Å². The van der Waals surface area contributed by atoms with Crippen LogP contribution in [-0.2, 0) is 12.8 Å². The topological polar surface area (TPSA) is 66.4 Å². The van der Waals surface area contributed by atoms with Crippen molar-refractivity contribution in [2.45, 2.75) is 99.8 Å². The Morgan fingerprint density at radius 3 is 1.37 bits per heavy atom. The summed E-state index contributed by atoms with van der Waals surface area (Å²) in [4.78, 5) is 44.7. The van der Waals surface area contributed by atoms with Crippen LogP contribution in [0.15, 0.2) is 127 Å². The molecule has 65 heavy (non-hydrogen) atoms. The van der Waals surface area contributed by atoms with Crippen LogP contribution in [0.2, 0.25) is 0 Å². The summed E-state index contributed by atoms with van der Waals surface area (Å²) in [6.07, 6.45) is 7.81. The van der Waals surface area contributed by atoms with Gasteiger partial charge in [0.2, 0.25) is 0 Å². The van der Waals surface area contributed by atoms with Crippen LogP contribution in [0.3, 0.4) is 0 Å². The number of anilines is 4. The van der Waals surface area contributed by atoms with Crippen molar-refractivity contribution in [3.8, 4) is 22.3 Å². The largest absolute Gasteiger partial charge is 0.288 e. The van der Waals surface area contributed by atoms with E-state index in [0.29, 0.717) is 22.8 Å². The molecule has 0 unspecified atom stereocenters. The van der Waals surface area contributed by atoms with Gasteiger partial charge in [0, 0.05) is 22.3 Å². The molecule has 0 saturated carbocycles. The lowest BCUT2D eigenvalue weighted by molar-refractivity contribution is 0.0988.